The number of hydrogen-bond donors (Lipinski definition) is 2. The van der Waals surface area contributed by atoms with E-state index in [0.717, 1.165) is 11.3 Å². The number of hydrogen-bond acceptors (Lipinski definition) is 3. The number of aryl methyl sites for hydroxylation is 1. The molecule has 0 spiro atoms. The molecule has 0 atom stereocenters. The summed E-state index contributed by atoms with van der Waals surface area (Å²) in [4.78, 5) is 11.5. The molecule has 0 aliphatic rings. The summed E-state index contributed by atoms with van der Waals surface area (Å²) in [6.45, 7) is 4.35. The Balaban J connectivity index is 2.42. The molecule has 0 heterocycles. The molecule has 2 rings (SSSR count). The average Bonchev–Trinajstić information content (AvgIpc) is 2.48. The van der Waals surface area contributed by atoms with Crippen molar-refractivity contribution in [3.05, 3.63) is 59.2 Å². The average molecular weight is 298 g/mol. The maximum absolute atomic E-state index is 11.5. The second-order valence-corrected chi connectivity index (χ2v) is 4.87. The van der Waals surface area contributed by atoms with Crippen LogP contribution in [0.2, 0.25) is 0 Å². The minimum Gasteiger partial charge on any atom is -0.508 e. The normalized spacial score (nSPS) is 11.3. The second kappa shape index (κ2) is 6.80. The van der Waals surface area contributed by atoms with E-state index < -0.39 is 5.97 Å². The molecular weight excluding hydrogens is 280 g/mol. The topological polar surface area (TPSA) is 66.8 Å². The van der Waals surface area contributed by atoms with Gasteiger partial charge in [-0.25, -0.2) is 4.79 Å². The van der Waals surface area contributed by atoms with Crippen LogP contribution in [0.15, 0.2) is 42.5 Å². The summed E-state index contributed by atoms with van der Waals surface area (Å²) in [5, 5.41) is 18.7. The van der Waals surface area contributed by atoms with Crippen LogP contribution < -0.4 is 4.74 Å². The minimum atomic E-state index is -1.00. The number of phenolic OH excluding ortho intramolecular Hbond substituents is 1. The zero-order chi connectivity index (χ0) is 16.1. The molecule has 0 aliphatic heterocycles. The molecule has 0 saturated heterocycles. The highest BCUT2D eigenvalue weighted by atomic mass is 16.5. The van der Waals surface area contributed by atoms with Crippen molar-refractivity contribution in [1.82, 2.24) is 0 Å². The Morgan fingerprint density at radius 2 is 1.86 bits per heavy atom. The van der Waals surface area contributed by atoms with E-state index in [9.17, 15) is 15.0 Å². The summed E-state index contributed by atoms with van der Waals surface area (Å²) in [5.41, 5.74) is 2.40. The fourth-order valence-electron chi connectivity index (χ4n) is 2.14. The first-order valence-corrected chi connectivity index (χ1v) is 6.99. The van der Waals surface area contributed by atoms with Crippen LogP contribution >= 0.6 is 0 Å². The van der Waals surface area contributed by atoms with Crippen LogP contribution in [0.4, 0.5) is 0 Å². The van der Waals surface area contributed by atoms with E-state index in [1.54, 1.807) is 36.4 Å². The number of rotatable bonds is 5. The highest BCUT2D eigenvalue weighted by molar-refractivity contribution is 6.20. The van der Waals surface area contributed by atoms with Gasteiger partial charge in [-0.3, -0.25) is 0 Å². The molecule has 114 valence electrons. The van der Waals surface area contributed by atoms with Gasteiger partial charge in [-0.1, -0.05) is 18.2 Å². The Kier molecular flexibility index (Phi) is 4.84. The quantitative estimate of drug-likeness (QED) is 0.652. The van der Waals surface area contributed by atoms with Gasteiger partial charge >= 0.3 is 5.97 Å². The molecular formula is C18H18O4. The summed E-state index contributed by atoms with van der Waals surface area (Å²) in [6, 6.07) is 11.7. The van der Waals surface area contributed by atoms with Gasteiger partial charge in [-0.05, 0) is 60.9 Å². The molecule has 0 bridgehead atoms. The van der Waals surface area contributed by atoms with E-state index in [1.165, 1.54) is 12.1 Å². The number of phenols is 1. The number of benzene rings is 2. The smallest absolute Gasteiger partial charge is 0.336 e. The lowest BCUT2D eigenvalue weighted by Crippen LogP contribution is -2.01. The predicted octanol–water partition coefficient (Wildman–Crippen LogP) is 3.72. The Bertz CT molecular complexity index is 700. The van der Waals surface area contributed by atoms with Crippen LogP contribution in [0.5, 0.6) is 11.5 Å². The zero-order valence-electron chi connectivity index (χ0n) is 12.5. The molecule has 0 saturated carbocycles. The first-order chi connectivity index (χ1) is 10.5. The monoisotopic (exact) mass is 298 g/mol. The third kappa shape index (κ3) is 3.67. The Labute approximate surface area is 129 Å². The van der Waals surface area contributed by atoms with E-state index in [0.29, 0.717) is 17.7 Å². The lowest BCUT2D eigenvalue weighted by Gasteiger charge is -2.10. The van der Waals surface area contributed by atoms with Gasteiger partial charge in [0.2, 0.25) is 0 Å². The number of carbonyl (C=O) groups is 1. The van der Waals surface area contributed by atoms with Crippen LogP contribution in [-0.2, 0) is 4.79 Å². The van der Waals surface area contributed by atoms with Crippen molar-refractivity contribution < 1.29 is 19.7 Å². The fourth-order valence-corrected chi connectivity index (χ4v) is 2.14. The molecule has 4 heteroatoms. The molecule has 2 aromatic rings. The summed E-state index contributed by atoms with van der Waals surface area (Å²) >= 11 is 0. The molecule has 0 aromatic heterocycles. The molecule has 0 amide bonds. The molecule has 0 aliphatic carbocycles. The van der Waals surface area contributed by atoms with Crippen molar-refractivity contribution in [3.63, 3.8) is 0 Å². The Morgan fingerprint density at radius 1 is 1.18 bits per heavy atom. The molecule has 2 N–H and O–H groups in total. The molecule has 0 radical (unpaired) electrons. The van der Waals surface area contributed by atoms with Gasteiger partial charge in [0.05, 0.1) is 12.2 Å². The third-order valence-corrected chi connectivity index (χ3v) is 3.22. The van der Waals surface area contributed by atoms with Gasteiger partial charge in [0.15, 0.2) is 0 Å². The number of carboxylic acid groups (broad SMARTS) is 1. The first-order valence-electron chi connectivity index (χ1n) is 6.99. The van der Waals surface area contributed by atoms with Gasteiger partial charge in [-0.2, -0.15) is 0 Å². The summed E-state index contributed by atoms with van der Waals surface area (Å²) in [5.74, 6) is -0.108. The number of ether oxygens (including phenoxy) is 1. The van der Waals surface area contributed by atoms with Crippen molar-refractivity contribution in [3.8, 4) is 11.5 Å². The van der Waals surface area contributed by atoms with Crippen molar-refractivity contribution in [2.24, 2.45) is 0 Å². The van der Waals surface area contributed by atoms with Crippen molar-refractivity contribution in [2.45, 2.75) is 13.8 Å². The van der Waals surface area contributed by atoms with Crippen LogP contribution in [0.25, 0.3) is 11.6 Å². The SMILES string of the molecule is CCOc1ccc(/C(=C/c2ccc(O)cc2)C(=O)O)cc1C. The molecule has 2 aromatic carbocycles. The van der Waals surface area contributed by atoms with E-state index in [2.05, 4.69) is 0 Å². The van der Waals surface area contributed by atoms with Gasteiger partial charge in [0, 0.05) is 0 Å². The molecule has 0 unspecified atom stereocenters. The predicted molar refractivity (Wildman–Crippen MR) is 86.0 cm³/mol. The highest BCUT2D eigenvalue weighted by Gasteiger charge is 2.12. The van der Waals surface area contributed by atoms with Crippen molar-refractivity contribution >= 4 is 17.6 Å². The zero-order valence-corrected chi connectivity index (χ0v) is 12.5. The minimum absolute atomic E-state index is 0.144. The number of aliphatic carboxylic acids is 1. The Hall–Kier alpha value is -2.75. The summed E-state index contributed by atoms with van der Waals surface area (Å²) in [6.07, 6.45) is 1.58. The van der Waals surface area contributed by atoms with E-state index in [4.69, 9.17) is 4.74 Å². The first kappa shape index (κ1) is 15.6. The fraction of sp³-hybridized carbons (Fsp3) is 0.167. The Morgan fingerprint density at radius 3 is 2.41 bits per heavy atom. The van der Waals surface area contributed by atoms with E-state index in [-0.39, 0.29) is 11.3 Å². The van der Waals surface area contributed by atoms with Crippen LogP contribution in [-0.4, -0.2) is 22.8 Å². The van der Waals surface area contributed by atoms with Gasteiger partial charge in [-0.15, -0.1) is 0 Å². The standard InChI is InChI=1S/C18H18O4/c1-3-22-17-9-6-14(10-12(17)2)16(18(20)21)11-13-4-7-15(19)8-5-13/h4-11,19H,3H2,1-2H3,(H,20,21)/b16-11-. The van der Waals surface area contributed by atoms with Crippen molar-refractivity contribution in [2.75, 3.05) is 6.61 Å². The molecule has 4 nitrogen and oxygen atoms in total. The largest absolute Gasteiger partial charge is 0.508 e. The maximum atomic E-state index is 11.5. The highest BCUT2D eigenvalue weighted by Crippen LogP contribution is 2.25. The van der Waals surface area contributed by atoms with E-state index in [1.807, 2.05) is 13.8 Å². The maximum Gasteiger partial charge on any atom is 0.336 e. The van der Waals surface area contributed by atoms with Crippen LogP contribution in [0, 0.1) is 6.92 Å². The third-order valence-electron chi connectivity index (χ3n) is 3.22. The van der Waals surface area contributed by atoms with Gasteiger partial charge in [0.1, 0.15) is 11.5 Å². The second-order valence-electron chi connectivity index (χ2n) is 4.87. The summed E-state index contributed by atoms with van der Waals surface area (Å²) in [7, 11) is 0. The van der Waals surface area contributed by atoms with Gasteiger partial charge < -0.3 is 14.9 Å². The molecule has 0 fully saturated rings. The van der Waals surface area contributed by atoms with Crippen LogP contribution in [0.1, 0.15) is 23.6 Å². The van der Waals surface area contributed by atoms with Gasteiger partial charge in [0.25, 0.3) is 0 Å². The van der Waals surface area contributed by atoms with Crippen LogP contribution in [0.3, 0.4) is 0 Å². The van der Waals surface area contributed by atoms with E-state index >= 15 is 0 Å². The number of carboxylic acids is 1. The summed E-state index contributed by atoms with van der Waals surface area (Å²) < 4.78 is 5.47. The van der Waals surface area contributed by atoms with Crippen molar-refractivity contribution in [1.29, 1.82) is 0 Å². The lowest BCUT2D eigenvalue weighted by molar-refractivity contribution is -0.130. The lowest BCUT2D eigenvalue weighted by atomic mass is 10.0. The molecule has 22 heavy (non-hydrogen) atoms. The number of aromatic hydroxyl groups is 1.